The van der Waals surface area contributed by atoms with Crippen LogP contribution >= 0.6 is 11.6 Å². The van der Waals surface area contributed by atoms with Crippen LogP contribution in [0, 0.1) is 13.8 Å². The number of aromatic nitrogens is 2. The Morgan fingerprint density at radius 1 is 1.04 bits per heavy atom. The zero-order valence-electron chi connectivity index (χ0n) is 14.1. The maximum absolute atomic E-state index is 12.1. The summed E-state index contributed by atoms with van der Waals surface area (Å²) in [5, 5.41) is 7.47. The van der Waals surface area contributed by atoms with Gasteiger partial charge in [0.15, 0.2) is 0 Å². The van der Waals surface area contributed by atoms with E-state index in [2.05, 4.69) is 20.6 Å². The van der Waals surface area contributed by atoms with Crippen LogP contribution < -0.4 is 21.5 Å². The molecular formula is C19H15ClN4O2. The van der Waals surface area contributed by atoms with E-state index in [4.69, 9.17) is 11.6 Å². The van der Waals surface area contributed by atoms with Crippen molar-refractivity contribution < 1.29 is 0 Å². The summed E-state index contributed by atoms with van der Waals surface area (Å²) >= 11 is 5.97. The summed E-state index contributed by atoms with van der Waals surface area (Å²) < 4.78 is 0. The second-order valence-electron chi connectivity index (χ2n) is 6.23. The van der Waals surface area contributed by atoms with Crippen LogP contribution in [0.2, 0.25) is 5.02 Å². The topological polar surface area (TPSA) is 86.9 Å². The minimum Gasteiger partial charge on any atom is -0.359 e. The minimum atomic E-state index is -0.571. The molecule has 4 rings (SSSR count). The molecule has 0 saturated carbocycles. The predicted molar refractivity (Wildman–Crippen MR) is 105 cm³/mol. The number of rotatable bonds is 4. The van der Waals surface area contributed by atoms with Crippen LogP contribution in [-0.2, 0) is 0 Å². The molecule has 0 fully saturated rings. The molecule has 4 aromatic rings. The van der Waals surface area contributed by atoms with Crippen molar-refractivity contribution in [3.63, 3.8) is 0 Å². The van der Waals surface area contributed by atoms with Crippen molar-refractivity contribution in [1.82, 2.24) is 9.97 Å². The van der Waals surface area contributed by atoms with Gasteiger partial charge >= 0.3 is 0 Å². The zero-order chi connectivity index (χ0) is 18.4. The number of aryl methyl sites for hydroxylation is 2. The molecule has 0 amide bonds. The average Bonchev–Trinajstić information content (AvgIpc) is 3.02. The fourth-order valence-electron chi connectivity index (χ4n) is 2.84. The number of nitrogens with zero attached hydrogens (tertiary/aromatic N) is 1. The number of nitrogens with one attached hydrogen (secondary N) is 3. The Bertz CT molecular complexity index is 1220. The summed E-state index contributed by atoms with van der Waals surface area (Å²) in [7, 11) is 0. The Hall–Kier alpha value is -3.12. The van der Waals surface area contributed by atoms with E-state index in [1.54, 1.807) is 12.3 Å². The number of anilines is 4. The number of aromatic amines is 1. The van der Waals surface area contributed by atoms with E-state index in [1.165, 1.54) is 6.20 Å². The van der Waals surface area contributed by atoms with Gasteiger partial charge in [0.1, 0.15) is 17.2 Å². The van der Waals surface area contributed by atoms with Crippen LogP contribution in [0.5, 0.6) is 0 Å². The molecule has 26 heavy (non-hydrogen) atoms. The molecule has 3 N–H and O–H groups in total. The monoisotopic (exact) mass is 366 g/mol. The third-order valence-corrected chi connectivity index (χ3v) is 4.70. The summed E-state index contributed by atoms with van der Waals surface area (Å²) in [6.45, 7) is 3.83. The van der Waals surface area contributed by atoms with Crippen molar-refractivity contribution in [3.8, 4) is 0 Å². The SMILES string of the molecule is Cc1ccc2[nH]cc(Nc3c(Nc4cc(C)c(Cl)cn4)c(=O)c3=O)c2c1. The van der Waals surface area contributed by atoms with Crippen LogP contribution in [0.4, 0.5) is 22.9 Å². The number of hydrogen-bond donors (Lipinski definition) is 3. The van der Waals surface area contributed by atoms with Crippen LogP contribution in [0.15, 0.2) is 46.2 Å². The normalized spacial score (nSPS) is 11.2. The van der Waals surface area contributed by atoms with Gasteiger partial charge in [0, 0.05) is 23.3 Å². The van der Waals surface area contributed by atoms with Crippen molar-refractivity contribution in [1.29, 1.82) is 0 Å². The number of H-pyrrole nitrogens is 1. The second kappa shape index (κ2) is 6.00. The summed E-state index contributed by atoms with van der Waals surface area (Å²) in [6.07, 6.45) is 3.27. The number of pyridine rings is 1. The Kier molecular flexibility index (Phi) is 3.77. The number of benzene rings is 1. The quantitative estimate of drug-likeness (QED) is 0.476. The van der Waals surface area contributed by atoms with Gasteiger partial charge in [-0.2, -0.15) is 0 Å². The lowest BCUT2D eigenvalue weighted by molar-refractivity contribution is 1.25. The van der Waals surface area contributed by atoms with Gasteiger partial charge in [0.2, 0.25) is 0 Å². The van der Waals surface area contributed by atoms with Crippen molar-refractivity contribution in [2.45, 2.75) is 13.8 Å². The number of fused-ring (bicyclic) bond motifs is 1. The summed E-state index contributed by atoms with van der Waals surface area (Å²) in [4.78, 5) is 31.3. The zero-order valence-corrected chi connectivity index (χ0v) is 14.9. The summed E-state index contributed by atoms with van der Waals surface area (Å²) in [5.74, 6) is 0.455. The van der Waals surface area contributed by atoms with Gasteiger partial charge in [0.25, 0.3) is 10.9 Å². The lowest BCUT2D eigenvalue weighted by atomic mass is 10.1. The molecule has 0 saturated heterocycles. The second-order valence-corrected chi connectivity index (χ2v) is 6.64. The number of halogens is 1. The Labute approximate surface area is 153 Å². The van der Waals surface area contributed by atoms with Crippen molar-refractivity contribution in [2.75, 3.05) is 10.6 Å². The van der Waals surface area contributed by atoms with E-state index >= 15 is 0 Å². The fourth-order valence-corrected chi connectivity index (χ4v) is 2.94. The summed E-state index contributed by atoms with van der Waals surface area (Å²) in [5.41, 5.74) is 2.91. The molecule has 0 spiro atoms. The lowest BCUT2D eigenvalue weighted by Crippen LogP contribution is -2.35. The first-order valence-electron chi connectivity index (χ1n) is 8.01. The third-order valence-electron chi connectivity index (χ3n) is 4.31. The van der Waals surface area contributed by atoms with Gasteiger partial charge in [-0.25, -0.2) is 4.98 Å². The first-order chi connectivity index (χ1) is 12.4. The Morgan fingerprint density at radius 3 is 2.50 bits per heavy atom. The van der Waals surface area contributed by atoms with Gasteiger partial charge in [-0.1, -0.05) is 23.2 Å². The van der Waals surface area contributed by atoms with Gasteiger partial charge in [-0.05, 0) is 37.6 Å². The van der Waals surface area contributed by atoms with Gasteiger partial charge < -0.3 is 15.6 Å². The Morgan fingerprint density at radius 2 is 1.77 bits per heavy atom. The summed E-state index contributed by atoms with van der Waals surface area (Å²) in [6, 6.07) is 7.70. The van der Waals surface area contributed by atoms with Gasteiger partial charge in [0.05, 0.1) is 10.7 Å². The van der Waals surface area contributed by atoms with E-state index in [1.807, 2.05) is 32.0 Å². The maximum atomic E-state index is 12.1. The van der Waals surface area contributed by atoms with E-state index in [0.29, 0.717) is 10.8 Å². The highest BCUT2D eigenvalue weighted by Gasteiger charge is 2.22. The van der Waals surface area contributed by atoms with Gasteiger partial charge in [-0.3, -0.25) is 9.59 Å². The molecule has 0 aliphatic heterocycles. The molecule has 0 radical (unpaired) electrons. The van der Waals surface area contributed by atoms with Crippen molar-refractivity contribution in [3.05, 3.63) is 73.3 Å². The molecule has 2 aromatic heterocycles. The molecule has 130 valence electrons. The molecule has 0 atom stereocenters. The predicted octanol–water partition coefficient (Wildman–Crippen LogP) is 3.92. The Balaban J connectivity index is 1.68. The van der Waals surface area contributed by atoms with Gasteiger partial charge in [-0.15, -0.1) is 0 Å². The molecule has 6 nitrogen and oxygen atoms in total. The van der Waals surface area contributed by atoms with Crippen molar-refractivity contribution >= 4 is 45.4 Å². The fraction of sp³-hybridized carbons (Fsp3) is 0.105. The maximum Gasteiger partial charge on any atom is 0.253 e. The largest absolute Gasteiger partial charge is 0.359 e. The average molecular weight is 367 g/mol. The smallest absolute Gasteiger partial charge is 0.253 e. The molecule has 0 bridgehead atoms. The third kappa shape index (κ3) is 2.64. The van der Waals surface area contributed by atoms with Crippen LogP contribution in [0.1, 0.15) is 11.1 Å². The standard InChI is InChI=1S/C19H15ClN4O2/c1-9-3-4-13-11(5-9)14(8-21-13)23-16-17(19(26)18(16)25)24-15-6-10(2)12(20)7-22-15/h3-8,21,23H,1-2H3,(H,22,24). The lowest BCUT2D eigenvalue weighted by Gasteiger charge is -2.14. The molecular weight excluding hydrogens is 352 g/mol. The molecule has 0 unspecified atom stereocenters. The van der Waals surface area contributed by atoms with E-state index in [-0.39, 0.29) is 11.4 Å². The molecule has 0 aliphatic carbocycles. The van der Waals surface area contributed by atoms with Crippen LogP contribution in [-0.4, -0.2) is 9.97 Å². The van der Waals surface area contributed by atoms with E-state index in [9.17, 15) is 9.59 Å². The van der Waals surface area contributed by atoms with E-state index in [0.717, 1.165) is 27.7 Å². The molecule has 2 aromatic carbocycles. The van der Waals surface area contributed by atoms with Crippen molar-refractivity contribution in [2.24, 2.45) is 0 Å². The highest BCUT2D eigenvalue weighted by atomic mass is 35.5. The van der Waals surface area contributed by atoms with E-state index < -0.39 is 10.9 Å². The van der Waals surface area contributed by atoms with Crippen LogP contribution in [0.25, 0.3) is 10.9 Å². The minimum absolute atomic E-state index is 0.200. The first kappa shape index (κ1) is 16.4. The molecule has 0 aliphatic rings. The molecule has 7 heteroatoms. The number of hydrogen-bond acceptors (Lipinski definition) is 5. The first-order valence-corrected chi connectivity index (χ1v) is 8.39. The van der Waals surface area contributed by atoms with Crippen LogP contribution in [0.3, 0.4) is 0 Å². The highest BCUT2D eigenvalue weighted by Crippen LogP contribution is 2.30. The highest BCUT2D eigenvalue weighted by molar-refractivity contribution is 6.31. The molecule has 2 heterocycles.